The molecule has 1 fully saturated rings. The summed E-state index contributed by atoms with van der Waals surface area (Å²) in [7, 11) is 0. The number of rotatable bonds is 4. The van der Waals surface area contributed by atoms with E-state index in [9.17, 15) is 22.0 Å². The van der Waals surface area contributed by atoms with E-state index in [2.05, 4.69) is 10.2 Å². The first-order chi connectivity index (χ1) is 16.1. The van der Waals surface area contributed by atoms with Gasteiger partial charge >= 0.3 is 6.18 Å². The van der Waals surface area contributed by atoms with Crippen molar-refractivity contribution >= 4 is 11.6 Å². The smallest absolute Gasteiger partial charge is 0.372 e. The molecule has 1 aliphatic carbocycles. The van der Waals surface area contributed by atoms with Crippen molar-refractivity contribution in [1.82, 2.24) is 10.2 Å². The van der Waals surface area contributed by atoms with Crippen LogP contribution in [0.15, 0.2) is 54.6 Å². The Morgan fingerprint density at radius 2 is 1.79 bits per heavy atom. The van der Waals surface area contributed by atoms with Crippen LogP contribution in [0.25, 0.3) is 11.6 Å². The molecule has 2 aliphatic rings. The molecule has 8 heteroatoms. The maximum Gasteiger partial charge on any atom is 0.416 e. The van der Waals surface area contributed by atoms with Gasteiger partial charge in [-0.25, -0.2) is 0 Å². The maximum atomic E-state index is 13.7. The molecule has 2 heterocycles. The standard InChI is InChI=1S/C26H23F5N2O/c1-25(27,28)23-14-21(32-33-23)22-13-17(9-10-34-22)24-19-8-3-2-5-16(19)12-20(24)15-6-4-7-18(11-15)26(29,30)31/h2-8,11-12,14,17,22,24H,9-10,13H2,1H3,(H,32,33). The highest BCUT2D eigenvalue weighted by Gasteiger charge is 2.39. The molecule has 3 atom stereocenters. The van der Waals surface area contributed by atoms with Gasteiger partial charge in [0.1, 0.15) is 5.69 Å². The average Bonchev–Trinajstić information content (AvgIpc) is 3.44. The van der Waals surface area contributed by atoms with Crippen LogP contribution in [0.1, 0.15) is 65.4 Å². The summed E-state index contributed by atoms with van der Waals surface area (Å²) in [4.78, 5) is 0. The van der Waals surface area contributed by atoms with Crippen molar-refractivity contribution in [2.24, 2.45) is 5.92 Å². The van der Waals surface area contributed by atoms with Gasteiger partial charge in [-0.15, -0.1) is 0 Å². The van der Waals surface area contributed by atoms with E-state index in [4.69, 9.17) is 4.74 Å². The number of nitrogens with one attached hydrogen (secondary N) is 1. The number of nitrogens with zero attached hydrogens (tertiary/aromatic N) is 1. The Labute approximate surface area is 193 Å². The number of halogens is 5. The number of aromatic amines is 1. The molecule has 3 nitrogen and oxygen atoms in total. The predicted octanol–water partition coefficient (Wildman–Crippen LogP) is 7.35. The summed E-state index contributed by atoms with van der Waals surface area (Å²) < 4.78 is 73.4. The van der Waals surface area contributed by atoms with Gasteiger partial charge in [-0.1, -0.05) is 42.5 Å². The van der Waals surface area contributed by atoms with E-state index < -0.39 is 23.8 Å². The molecule has 3 aromatic rings. The maximum absolute atomic E-state index is 13.7. The first-order valence-electron chi connectivity index (χ1n) is 11.1. The number of hydrogen-bond donors (Lipinski definition) is 1. The first kappa shape index (κ1) is 22.8. The Morgan fingerprint density at radius 1 is 1.00 bits per heavy atom. The highest BCUT2D eigenvalue weighted by atomic mass is 19.4. The summed E-state index contributed by atoms with van der Waals surface area (Å²) in [6.07, 6.45) is -1.67. The number of alkyl halides is 5. The summed E-state index contributed by atoms with van der Waals surface area (Å²) in [5, 5.41) is 6.43. The van der Waals surface area contributed by atoms with Crippen LogP contribution in [0, 0.1) is 5.92 Å². The van der Waals surface area contributed by atoms with Crippen molar-refractivity contribution < 1.29 is 26.7 Å². The van der Waals surface area contributed by atoms with Crippen molar-refractivity contribution in [1.29, 1.82) is 0 Å². The van der Waals surface area contributed by atoms with E-state index in [0.29, 0.717) is 30.7 Å². The number of hydrogen-bond acceptors (Lipinski definition) is 2. The molecular formula is C26H23F5N2O. The molecule has 178 valence electrons. The summed E-state index contributed by atoms with van der Waals surface area (Å²) >= 11 is 0. The fraction of sp³-hybridized carbons (Fsp3) is 0.346. The second-order valence-corrected chi connectivity index (χ2v) is 9.03. The van der Waals surface area contributed by atoms with Crippen LogP contribution in [0.4, 0.5) is 22.0 Å². The molecule has 1 aromatic heterocycles. The van der Waals surface area contributed by atoms with Crippen molar-refractivity contribution in [3.05, 3.63) is 88.2 Å². The van der Waals surface area contributed by atoms with E-state index in [0.717, 1.165) is 29.7 Å². The lowest BCUT2D eigenvalue weighted by Gasteiger charge is -2.34. The normalized spacial score (nSPS) is 23.0. The van der Waals surface area contributed by atoms with Gasteiger partial charge in [0.25, 0.3) is 5.92 Å². The van der Waals surface area contributed by atoms with Crippen LogP contribution in [-0.2, 0) is 16.8 Å². The van der Waals surface area contributed by atoms with Gasteiger partial charge in [0.15, 0.2) is 0 Å². The predicted molar refractivity (Wildman–Crippen MR) is 118 cm³/mol. The molecule has 0 radical (unpaired) electrons. The number of benzene rings is 2. The second-order valence-electron chi connectivity index (χ2n) is 9.03. The minimum Gasteiger partial charge on any atom is -0.372 e. The van der Waals surface area contributed by atoms with Crippen LogP contribution in [0.5, 0.6) is 0 Å². The van der Waals surface area contributed by atoms with E-state index in [1.807, 2.05) is 30.3 Å². The monoisotopic (exact) mass is 474 g/mol. The SMILES string of the molecule is CC(F)(F)c1cc(C2CC(C3C(c4cccc(C(F)(F)F)c4)=Cc4ccccc43)CCO2)[nH]n1. The van der Waals surface area contributed by atoms with E-state index in [1.165, 1.54) is 18.2 Å². The lowest BCUT2D eigenvalue weighted by molar-refractivity contribution is -0.137. The highest BCUT2D eigenvalue weighted by Crippen LogP contribution is 2.51. The van der Waals surface area contributed by atoms with Crippen molar-refractivity contribution in [3.8, 4) is 0 Å². The fourth-order valence-electron chi connectivity index (χ4n) is 5.06. The third kappa shape index (κ3) is 4.27. The zero-order valence-electron chi connectivity index (χ0n) is 18.4. The molecule has 5 rings (SSSR count). The number of H-pyrrole nitrogens is 1. The summed E-state index contributed by atoms with van der Waals surface area (Å²) in [5.41, 5.74) is 2.87. The molecule has 1 aliphatic heterocycles. The van der Waals surface area contributed by atoms with Crippen molar-refractivity contribution in [3.63, 3.8) is 0 Å². The largest absolute Gasteiger partial charge is 0.416 e. The quantitative estimate of drug-likeness (QED) is 0.402. The lowest BCUT2D eigenvalue weighted by Crippen LogP contribution is -2.25. The molecule has 0 amide bonds. The zero-order chi connectivity index (χ0) is 24.1. The van der Waals surface area contributed by atoms with Crippen LogP contribution in [0.3, 0.4) is 0 Å². The van der Waals surface area contributed by atoms with E-state index in [1.54, 1.807) is 6.07 Å². The Hall–Kier alpha value is -3.00. The van der Waals surface area contributed by atoms with Gasteiger partial charge in [0.2, 0.25) is 0 Å². The Morgan fingerprint density at radius 3 is 2.53 bits per heavy atom. The van der Waals surface area contributed by atoms with Gasteiger partial charge in [-0.05, 0) is 59.2 Å². The van der Waals surface area contributed by atoms with Gasteiger partial charge in [0.05, 0.1) is 17.4 Å². The molecule has 34 heavy (non-hydrogen) atoms. The molecule has 0 spiro atoms. The van der Waals surface area contributed by atoms with Crippen LogP contribution >= 0.6 is 0 Å². The lowest BCUT2D eigenvalue weighted by atomic mass is 9.75. The highest BCUT2D eigenvalue weighted by molar-refractivity contribution is 5.91. The van der Waals surface area contributed by atoms with Gasteiger partial charge < -0.3 is 4.74 Å². The van der Waals surface area contributed by atoms with Crippen LogP contribution in [0.2, 0.25) is 0 Å². The number of ether oxygens (including phenoxy) is 1. The average molecular weight is 474 g/mol. The fourth-order valence-corrected chi connectivity index (χ4v) is 5.06. The molecule has 1 saturated heterocycles. The zero-order valence-corrected chi connectivity index (χ0v) is 18.4. The van der Waals surface area contributed by atoms with Crippen molar-refractivity contribution in [2.45, 2.75) is 43.9 Å². The summed E-state index contributed by atoms with van der Waals surface area (Å²) in [6.45, 7) is 1.21. The Kier molecular flexibility index (Phi) is 5.59. The third-order valence-electron chi connectivity index (χ3n) is 6.69. The first-order valence-corrected chi connectivity index (χ1v) is 11.1. The molecule has 2 aromatic carbocycles. The minimum absolute atomic E-state index is 0.0529. The van der Waals surface area contributed by atoms with Gasteiger partial charge in [-0.2, -0.15) is 27.1 Å². The Bertz CT molecular complexity index is 1220. The summed E-state index contributed by atoms with van der Waals surface area (Å²) in [6, 6.07) is 14.6. The minimum atomic E-state index is -4.43. The van der Waals surface area contributed by atoms with E-state index in [-0.39, 0.29) is 17.5 Å². The molecular weight excluding hydrogens is 451 g/mol. The van der Waals surface area contributed by atoms with E-state index >= 15 is 0 Å². The topological polar surface area (TPSA) is 37.9 Å². The number of fused-ring (bicyclic) bond motifs is 1. The second kappa shape index (κ2) is 8.34. The van der Waals surface area contributed by atoms with Gasteiger partial charge in [0, 0.05) is 19.4 Å². The molecule has 0 saturated carbocycles. The molecule has 3 unspecified atom stereocenters. The molecule has 1 N–H and O–H groups in total. The Balaban J connectivity index is 1.48. The summed E-state index contributed by atoms with van der Waals surface area (Å²) in [5.74, 6) is -3.13. The van der Waals surface area contributed by atoms with Crippen LogP contribution < -0.4 is 0 Å². The van der Waals surface area contributed by atoms with Crippen LogP contribution in [-0.4, -0.2) is 16.8 Å². The number of allylic oxidation sites excluding steroid dienone is 1. The molecule has 0 bridgehead atoms. The third-order valence-corrected chi connectivity index (χ3v) is 6.69. The van der Waals surface area contributed by atoms with Crippen molar-refractivity contribution in [2.75, 3.05) is 6.61 Å². The van der Waals surface area contributed by atoms with Gasteiger partial charge in [-0.3, -0.25) is 5.10 Å². The number of aromatic nitrogens is 2.